The largest absolute Gasteiger partial charge is 0.351 e. The summed E-state index contributed by atoms with van der Waals surface area (Å²) in [5, 5.41) is 1.73. The first-order chi connectivity index (χ1) is 4.66. The van der Waals surface area contributed by atoms with Crippen molar-refractivity contribution in [2.45, 2.75) is 0 Å². The fraction of sp³-hybridized carbons (Fsp3) is 0. The quantitative estimate of drug-likeness (QED) is 0.380. The van der Waals surface area contributed by atoms with Gasteiger partial charge in [-0.2, -0.15) is 0 Å². The van der Waals surface area contributed by atoms with Crippen LogP contribution >= 0.6 is 0 Å². The summed E-state index contributed by atoms with van der Waals surface area (Å²) in [5.74, 6) is -0.709. The predicted molar refractivity (Wildman–Crippen MR) is 32.9 cm³/mol. The highest BCUT2D eigenvalue weighted by molar-refractivity contribution is 6.01. The number of primary amides is 1. The van der Waals surface area contributed by atoms with Crippen molar-refractivity contribution in [3.05, 3.63) is 12.2 Å². The number of carbonyl (C=O) groups is 3. The fourth-order valence-corrected chi connectivity index (χ4v) is 0.290. The number of carbonyl (C=O) groups excluding carboxylic acids is 3. The van der Waals surface area contributed by atoms with Crippen LogP contribution in [0.4, 0.5) is 4.79 Å². The molecule has 3 amide bonds. The molecule has 5 nitrogen and oxygen atoms in total. The lowest BCUT2D eigenvalue weighted by Gasteiger charge is -1.90. The lowest BCUT2D eigenvalue weighted by atomic mass is 10.5. The number of nitrogens with two attached hydrogens (primary N) is 1. The van der Waals surface area contributed by atoms with Gasteiger partial charge in [0.15, 0.2) is 0 Å². The van der Waals surface area contributed by atoms with Crippen LogP contribution in [0.1, 0.15) is 0 Å². The second kappa shape index (κ2) is 4.25. The van der Waals surface area contributed by atoms with Crippen molar-refractivity contribution in [2.24, 2.45) is 5.73 Å². The van der Waals surface area contributed by atoms with Crippen molar-refractivity contribution >= 4 is 18.2 Å². The van der Waals surface area contributed by atoms with Gasteiger partial charge in [0.25, 0.3) is 5.91 Å². The average molecular weight is 142 g/mol. The Morgan fingerprint density at radius 1 is 1.40 bits per heavy atom. The highest BCUT2D eigenvalue weighted by Crippen LogP contribution is 1.68. The molecule has 0 fully saturated rings. The Kier molecular flexibility index (Phi) is 3.55. The molecule has 0 heterocycles. The number of urea groups is 1. The van der Waals surface area contributed by atoms with Crippen molar-refractivity contribution in [1.82, 2.24) is 5.32 Å². The standard InChI is InChI=1S/C5H6N2O3/c6-5(10)7-4(9)2-1-3-8/h1-3H,(H3,6,7,9,10)/b2-1-. The van der Waals surface area contributed by atoms with E-state index in [0.717, 1.165) is 12.2 Å². The molecule has 0 aliphatic carbocycles. The van der Waals surface area contributed by atoms with Gasteiger partial charge in [0.2, 0.25) is 0 Å². The molecule has 5 heteroatoms. The highest BCUT2D eigenvalue weighted by Gasteiger charge is 1.95. The molecular formula is C5H6N2O3. The van der Waals surface area contributed by atoms with Gasteiger partial charge in [0.1, 0.15) is 6.29 Å². The zero-order valence-electron chi connectivity index (χ0n) is 5.03. The molecule has 10 heavy (non-hydrogen) atoms. The molecule has 0 spiro atoms. The first kappa shape index (κ1) is 8.35. The van der Waals surface area contributed by atoms with Crippen LogP contribution in [-0.4, -0.2) is 18.2 Å². The molecule has 0 atom stereocenters. The monoisotopic (exact) mass is 142 g/mol. The normalized spacial score (nSPS) is 9.20. The number of hydrogen-bond donors (Lipinski definition) is 2. The summed E-state index contributed by atoms with van der Waals surface area (Å²) < 4.78 is 0. The van der Waals surface area contributed by atoms with Gasteiger partial charge in [-0.05, 0) is 6.08 Å². The predicted octanol–water partition coefficient (Wildman–Crippen LogP) is -1.06. The lowest BCUT2D eigenvalue weighted by molar-refractivity contribution is -0.115. The molecular weight excluding hydrogens is 136 g/mol. The summed E-state index contributed by atoms with van der Waals surface area (Å²) in [4.78, 5) is 29.9. The van der Waals surface area contributed by atoms with E-state index in [0.29, 0.717) is 6.29 Å². The third-order valence-electron chi connectivity index (χ3n) is 0.573. The number of amides is 3. The van der Waals surface area contributed by atoms with Crippen LogP contribution in [0.15, 0.2) is 12.2 Å². The second-order valence-corrected chi connectivity index (χ2v) is 1.35. The second-order valence-electron chi connectivity index (χ2n) is 1.35. The van der Waals surface area contributed by atoms with Crippen LogP contribution < -0.4 is 11.1 Å². The van der Waals surface area contributed by atoms with Gasteiger partial charge in [-0.1, -0.05) is 0 Å². The van der Waals surface area contributed by atoms with Crippen molar-refractivity contribution in [3.63, 3.8) is 0 Å². The summed E-state index contributed by atoms with van der Waals surface area (Å²) in [6, 6.07) is -0.944. The Bertz CT molecular complexity index is 185. The van der Waals surface area contributed by atoms with E-state index in [1.807, 2.05) is 0 Å². The zero-order chi connectivity index (χ0) is 7.98. The summed E-state index contributed by atoms with van der Waals surface area (Å²) >= 11 is 0. The molecule has 0 aromatic heterocycles. The number of nitrogens with one attached hydrogen (secondary N) is 1. The van der Waals surface area contributed by atoms with Crippen LogP contribution in [0.25, 0.3) is 0 Å². The summed E-state index contributed by atoms with van der Waals surface area (Å²) in [6.07, 6.45) is 2.27. The fourth-order valence-electron chi connectivity index (χ4n) is 0.290. The minimum absolute atomic E-state index is 0.417. The van der Waals surface area contributed by atoms with Crippen LogP contribution in [0, 0.1) is 0 Å². The minimum atomic E-state index is -0.944. The Hall–Kier alpha value is -1.65. The molecule has 0 saturated heterocycles. The van der Waals surface area contributed by atoms with Crippen LogP contribution in [0.3, 0.4) is 0 Å². The molecule has 0 bridgehead atoms. The molecule has 0 radical (unpaired) electrons. The van der Waals surface area contributed by atoms with E-state index in [4.69, 9.17) is 0 Å². The van der Waals surface area contributed by atoms with E-state index < -0.39 is 11.9 Å². The van der Waals surface area contributed by atoms with E-state index in [-0.39, 0.29) is 0 Å². The molecule has 54 valence electrons. The van der Waals surface area contributed by atoms with E-state index in [9.17, 15) is 14.4 Å². The Morgan fingerprint density at radius 2 is 2.00 bits per heavy atom. The maximum atomic E-state index is 10.4. The number of allylic oxidation sites excluding steroid dienone is 1. The molecule has 0 aliphatic heterocycles. The summed E-state index contributed by atoms with van der Waals surface area (Å²) in [7, 11) is 0. The Balaban J connectivity index is 3.75. The van der Waals surface area contributed by atoms with Gasteiger partial charge in [0, 0.05) is 6.08 Å². The van der Waals surface area contributed by atoms with Crippen molar-refractivity contribution in [2.75, 3.05) is 0 Å². The summed E-state index contributed by atoms with van der Waals surface area (Å²) in [5.41, 5.74) is 4.57. The van der Waals surface area contributed by atoms with Gasteiger partial charge in [0.05, 0.1) is 0 Å². The summed E-state index contributed by atoms with van der Waals surface area (Å²) in [6.45, 7) is 0. The lowest BCUT2D eigenvalue weighted by Crippen LogP contribution is -2.33. The van der Waals surface area contributed by atoms with Gasteiger partial charge in [-0.3, -0.25) is 14.9 Å². The average Bonchev–Trinajstić information content (AvgIpc) is 1.82. The maximum absolute atomic E-state index is 10.4. The molecule has 0 aromatic rings. The third-order valence-corrected chi connectivity index (χ3v) is 0.573. The van der Waals surface area contributed by atoms with E-state index in [1.54, 1.807) is 5.32 Å². The van der Waals surface area contributed by atoms with Crippen LogP contribution in [0.2, 0.25) is 0 Å². The van der Waals surface area contributed by atoms with Gasteiger partial charge in [-0.25, -0.2) is 4.79 Å². The zero-order valence-corrected chi connectivity index (χ0v) is 5.03. The maximum Gasteiger partial charge on any atom is 0.319 e. The minimum Gasteiger partial charge on any atom is -0.351 e. The van der Waals surface area contributed by atoms with Gasteiger partial charge < -0.3 is 5.73 Å². The molecule has 0 rings (SSSR count). The van der Waals surface area contributed by atoms with E-state index >= 15 is 0 Å². The molecule has 0 saturated carbocycles. The van der Waals surface area contributed by atoms with Crippen molar-refractivity contribution in [1.29, 1.82) is 0 Å². The smallest absolute Gasteiger partial charge is 0.319 e. The van der Waals surface area contributed by atoms with Gasteiger partial charge in [-0.15, -0.1) is 0 Å². The molecule has 3 N–H and O–H groups in total. The number of aldehydes is 1. The highest BCUT2D eigenvalue weighted by atomic mass is 16.2. The molecule has 0 unspecified atom stereocenters. The number of rotatable bonds is 2. The Morgan fingerprint density at radius 3 is 2.40 bits per heavy atom. The Labute approximate surface area is 56.9 Å². The topological polar surface area (TPSA) is 89.3 Å². The SMILES string of the molecule is NC(=O)NC(=O)/C=C\C=O. The first-order valence-electron chi connectivity index (χ1n) is 2.39. The number of imide groups is 1. The van der Waals surface area contributed by atoms with E-state index in [1.165, 1.54) is 0 Å². The number of hydrogen-bond acceptors (Lipinski definition) is 3. The van der Waals surface area contributed by atoms with E-state index in [2.05, 4.69) is 5.73 Å². The molecule has 0 aliphatic rings. The van der Waals surface area contributed by atoms with Gasteiger partial charge >= 0.3 is 6.03 Å². The third kappa shape index (κ3) is 4.51. The van der Waals surface area contributed by atoms with Crippen LogP contribution in [-0.2, 0) is 9.59 Å². The van der Waals surface area contributed by atoms with Crippen molar-refractivity contribution in [3.8, 4) is 0 Å². The van der Waals surface area contributed by atoms with Crippen molar-refractivity contribution < 1.29 is 14.4 Å². The first-order valence-corrected chi connectivity index (χ1v) is 2.39. The van der Waals surface area contributed by atoms with Crippen LogP contribution in [0.5, 0.6) is 0 Å². The molecule has 0 aromatic carbocycles.